The number of aliphatic hydroxyl groups is 1. The van der Waals surface area contributed by atoms with Gasteiger partial charge in [0, 0.05) is 18.8 Å². The Kier molecular flexibility index (Phi) is 5.44. The Labute approximate surface area is 158 Å². The van der Waals surface area contributed by atoms with E-state index in [1.165, 1.54) is 48.8 Å². The molecule has 11 nitrogen and oxygen atoms in total. The van der Waals surface area contributed by atoms with Crippen molar-refractivity contribution < 1.29 is 47.7 Å². The molecule has 0 saturated carbocycles. The zero-order chi connectivity index (χ0) is 20.6. The molecule has 2 heterocycles. The maximum absolute atomic E-state index is 12.7. The first-order valence-electron chi connectivity index (χ1n) is 7.69. The summed E-state index contributed by atoms with van der Waals surface area (Å²) in [5.74, 6) is -0.335. The Morgan fingerprint density at radius 1 is 1.14 bits per heavy atom. The Balaban J connectivity index is 1.99. The quantitative estimate of drug-likeness (QED) is 0.318. The van der Waals surface area contributed by atoms with Gasteiger partial charge in [-0.1, -0.05) is 24.3 Å². The topological polar surface area (TPSA) is 173 Å². The van der Waals surface area contributed by atoms with E-state index in [0.717, 1.165) is 0 Å². The highest BCUT2D eigenvalue weighted by Crippen LogP contribution is 2.79. The number of pyridine rings is 1. The molecule has 1 aromatic heterocycles. The van der Waals surface area contributed by atoms with Crippen molar-refractivity contribution in [3.05, 3.63) is 59.9 Å². The Morgan fingerprint density at radius 3 is 2.36 bits per heavy atom. The zero-order valence-corrected chi connectivity index (χ0v) is 15.8. The summed E-state index contributed by atoms with van der Waals surface area (Å²) in [6, 6.07) is 8.10. The third kappa shape index (κ3) is 3.74. The number of aromatic nitrogens is 1. The Morgan fingerprint density at radius 2 is 1.79 bits per heavy atom. The number of carboxylic acid groups (broad SMARTS) is 1. The van der Waals surface area contributed by atoms with E-state index in [4.69, 9.17) is 14.2 Å². The van der Waals surface area contributed by atoms with Crippen molar-refractivity contribution in [1.82, 2.24) is 4.98 Å². The zero-order valence-electron chi connectivity index (χ0n) is 14.0. The van der Waals surface area contributed by atoms with Crippen molar-refractivity contribution in [2.45, 2.75) is 17.8 Å². The second-order valence-electron chi connectivity index (χ2n) is 5.80. The lowest BCUT2D eigenvalue weighted by atomic mass is 10.2. The average Bonchev–Trinajstić information content (AvgIpc) is 2.60. The second-order valence-corrected chi connectivity index (χ2v) is 10.1. The van der Waals surface area contributed by atoms with Crippen LogP contribution in [0.4, 0.5) is 4.79 Å². The van der Waals surface area contributed by atoms with Gasteiger partial charge in [0.05, 0.1) is 5.56 Å². The average molecular weight is 431 g/mol. The molecule has 0 amide bonds. The van der Waals surface area contributed by atoms with Crippen molar-refractivity contribution >= 4 is 21.3 Å². The molecule has 1 saturated heterocycles. The lowest BCUT2D eigenvalue weighted by Crippen LogP contribution is -2.38. The van der Waals surface area contributed by atoms with Crippen LogP contribution in [0.15, 0.2) is 48.8 Å². The summed E-state index contributed by atoms with van der Waals surface area (Å²) in [6.45, 7) is 0. The third-order valence-electron chi connectivity index (χ3n) is 3.92. The molecule has 13 heteroatoms. The van der Waals surface area contributed by atoms with Crippen LogP contribution in [-0.2, 0) is 24.6 Å². The molecule has 2 atom stereocenters. The Hall–Kier alpha value is -2.10. The van der Waals surface area contributed by atoms with Crippen LogP contribution < -0.4 is 4.74 Å². The molecule has 0 radical (unpaired) electrons. The number of nitrogens with zero attached hydrogens (tertiary/aromatic N) is 1. The summed E-state index contributed by atoms with van der Waals surface area (Å²) in [5.41, 5.74) is -0.0364. The largest absolute Gasteiger partial charge is 0.511 e. The molecule has 1 fully saturated rings. The van der Waals surface area contributed by atoms with Crippen molar-refractivity contribution in [3.8, 4) is 5.75 Å². The number of ether oxygens (including phenoxy) is 1. The van der Waals surface area contributed by atoms with Crippen LogP contribution in [0, 0.1) is 0 Å². The number of hydrogen-bond donors (Lipinski definition) is 4. The monoisotopic (exact) mass is 431 g/mol. The SMILES string of the molecule is O=C(O)Oc1ccccc1C1OP(=O)(O)C(O)(Cc2cccnc2)P(=O)(O)O1. The van der Waals surface area contributed by atoms with Crippen LogP contribution in [0.25, 0.3) is 0 Å². The maximum Gasteiger partial charge on any atom is 0.511 e. The summed E-state index contributed by atoms with van der Waals surface area (Å²) in [4.78, 5) is 35.2. The molecule has 1 aliphatic rings. The fourth-order valence-electron chi connectivity index (χ4n) is 2.56. The molecular weight excluding hydrogens is 416 g/mol. The highest BCUT2D eigenvalue weighted by atomic mass is 31.2. The van der Waals surface area contributed by atoms with E-state index < -0.39 is 39.1 Å². The maximum atomic E-state index is 12.7. The summed E-state index contributed by atoms with van der Waals surface area (Å²) < 4.78 is 39.8. The summed E-state index contributed by atoms with van der Waals surface area (Å²) in [5, 5.41) is 16.3. The number of hydrogen-bond acceptors (Lipinski definition) is 8. The lowest BCUT2D eigenvalue weighted by molar-refractivity contribution is -0.0587. The van der Waals surface area contributed by atoms with E-state index in [2.05, 4.69) is 9.72 Å². The number of carbonyl (C=O) groups is 1. The minimum absolute atomic E-state index is 0.189. The van der Waals surface area contributed by atoms with Gasteiger partial charge in [-0.25, -0.2) is 4.79 Å². The molecule has 0 bridgehead atoms. The van der Waals surface area contributed by atoms with Crippen molar-refractivity contribution in [2.24, 2.45) is 0 Å². The first-order chi connectivity index (χ1) is 13.1. The molecule has 1 aliphatic heterocycles. The van der Waals surface area contributed by atoms with Gasteiger partial charge in [-0.05, 0) is 17.7 Å². The number of benzene rings is 1. The van der Waals surface area contributed by atoms with Gasteiger partial charge in [0.1, 0.15) is 5.75 Å². The highest BCUT2D eigenvalue weighted by molar-refractivity contribution is 7.73. The van der Waals surface area contributed by atoms with Crippen LogP contribution in [0.5, 0.6) is 5.75 Å². The van der Waals surface area contributed by atoms with Gasteiger partial charge >= 0.3 is 21.3 Å². The van der Waals surface area contributed by atoms with Gasteiger partial charge in [-0.15, -0.1) is 0 Å². The smallest absolute Gasteiger partial charge is 0.449 e. The van der Waals surface area contributed by atoms with E-state index >= 15 is 0 Å². The molecule has 2 aromatic rings. The summed E-state index contributed by atoms with van der Waals surface area (Å²) in [6.07, 6.45) is -1.72. The van der Waals surface area contributed by atoms with Gasteiger partial charge in [-0.3, -0.25) is 23.2 Å². The fraction of sp³-hybridized carbons (Fsp3) is 0.200. The molecule has 3 rings (SSSR count). The standard InChI is InChI=1S/C15H15NO10P2/c17-14(18)24-12-6-2-1-5-11(12)13-25-27(20,21)15(19,28(22,23)26-13)8-10-4-3-7-16-9-10/h1-7,9,13,19H,8H2,(H,17,18)(H,20,21)(H,22,23). The first kappa shape index (κ1) is 20.6. The van der Waals surface area contributed by atoms with Crippen LogP contribution in [0.2, 0.25) is 0 Å². The molecular formula is C15H15NO10P2. The fourth-order valence-corrected chi connectivity index (χ4v) is 6.12. The normalized spacial score (nSPS) is 32.6. The summed E-state index contributed by atoms with van der Waals surface area (Å²) >= 11 is 0. The molecule has 1 aromatic carbocycles. The second kappa shape index (κ2) is 7.38. The van der Waals surface area contributed by atoms with Gasteiger partial charge in [0.2, 0.25) is 6.29 Å². The van der Waals surface area contributed by atoms with Crippen molar-refractivity contribution in [2.75, 3.05) is 0 Å². The Bertz CT molecular complexity index is 956. The van der Waals surface area contributed by atoms with Gasteiger partial charge in [0.15, 0.2) is 0 Å². The molecule has 150 valence electrons. The van der Waals surface area contributed by atoms with Crippen LogP contribution in [-0.4, -0.2) is 36.2 Å². The van der Waals surface area contributed by atoms with Gasteiger partial charge in [0.25, 0.3) is 5.08 Å². The van der Waals surface area contributed by atoms with Crippen molar-refractivity contribution in [1.29, 1.82) is 0 Å². The van der Waals surface area contributed by atoms with E-state index in [1.807, 2.05) is 0 Å². The van der Waals surface area contributed by atoms with Gasteiger partial charge < -0.3 is 24.7 Å². The summed E-state index contributed by atoms with van der Waals surface area (Å²) in [7, 11) is -10.4. The van der Waals surface area contributed by atoms with Gasteiger partial charge in [-0.2, -0.15) is 0 Å². The first-order valence-corrected chi connectivity index (χ1v) is 10.8. The number of rotatable bonds is 4. The minimum Gasteiger partial charge on any atom is -0.449 e. The number of para-hydroxylation sites is 1. The van der Waals surface area contributed by atoms with E-state index in [9.17, 15) is 28.8 Å². The predicted octanol–water partition coefficient (Wildman–Crippen LogP) is 2.44. The highest BCUT2D eigenvalue weighted by Gasteiger charge is 2.67. The molecule has 0 aliphatic carbocycles. The van der Waals surface area contributed by atoms with E-state index in [0.29, 0.717) is 0 Å². The molecule has 2 unspecified atom stereocenters. The van der Waals surface area contributed by atoms with E-state index in [-0.39, 0.29) is 16.9 Å². The van der Waals surface area contributed by atoms with Crippen molar-refractivity contribution in [3.63, 3.8) is 0 Å². The lowest BCUT2D eigenvalue weighted by Gasteiger charge is -2.41. The minimum atomic E-state index is -5.18. The van der Waals surface area contributed by atoms with Crippen LogP contribution in [0.3, 0.4) is 0 Å². The molecule has 4 N–H and O–H groups in total. The van der Waals surface area contributed by atoms with Crippen LogP contribution >= 0.6 is 15.2 Å². The molecule has 0 spiro atoms. The van der Waals surface area contributed by atoms with Crippen LogP contribution in [0.1, 0.15) is 17.4 Å². The van der Waals surface area contributed by atoms with E-state index in [1.54, 1.807) is 0 Å². The predicted molar refractivity (Wildman–Crippen MR) is 92.5 cm³/mol. The third-order valence-corrected chi connectivity index (χ3v) is 8.51. The molecule has 28 heavy (non-hydrogen) atoms.